The van der Waals surface area contributed by atoms with Crippen molar-refractivity contribution < 1.29 is 9.47 Å². The van der Waals surface area contributed by atoms with Crippen LogP contribution in [0.5, 0.6) is 0 Å². The molecule has 0 heterocycles. The molecule has 0 aliphatic rings. The Morgan fingerprint density at radius 2 is 1.91 bits per heavy atom. The number of alkyl halides is 2. The Balaban J connectivity index is 3.41. The highest BCUT2D eigenvalue weighted by molar-refractivity contribution is 14.1. The molecule has 0 aromatic rings. The van der Waals surface area contributed by atoms with E-state index in [0.717, 1.165) is 15.5 Å². The van der Waals surface area contributed by atoms with E-state index in [2.05, 4.69) is 45.2 Å². The van der Waals surface area contributed by atoms with E-state index in [9.17, 15) is 0 Å². The van der Waals surface area contributed by atoms with Crippen molar-refractivity contribution in [2.24, 2.45) is 0 Å². The van der Waals surface area contributed by atoms with Gasteiger partial charge in [-0.1, -0.05) is 45.2 Å². The minimum atomic E-state index is -0.0228. The van der Waals surface area contributed by atoms with Gasteiger partial charge in [0, 0.05) is 4.43 Å². The molecule has 0 spiro atoms. The van der Waals surface area contributed by atoms with Crippen LogP contribution >= 0.6 is 45.2 Å². The standard InChI is InChI=1S/C7H14I2O2/c1-6(2)11-7(5-9)10-4-3-8/h6-7H,3-5H2,1-2H3/t7-/m1/s1. The van der Waals surface area contributed by atoms with Gasteiger partial charge in [0.15, 0.2) is 6.29 Å². The van der Waals surface area contributed by atoms with Crippen LogP contribution in [0.1, 0.15) is 13.8 Å². The third-order valence-electron chi connectivity index (χ3n) is 0.931. The maximum Gasteiger partial charge on any atom is 0.166 e. The first kappa shape index (κ1) is 12.4. The fraction of sp³-hybridized carbons (Fsp3) is 1.00. The van der Waals surface area contributed by atoms with E-state index in [4.69, 9.17) is 9.47 Å². The fourth-order valence-corrected chi connectivity index (χ4v) is 1.32. The zero-order valence-electron chi connectivity index (χ0n) is 6.85. The van der Waals surface area contributed by atoms with E-state index in [1.807, 2.05) is 13.8 Å². The van der Waals surface area contributed by atoms with Crippen molar-refractivity contribution in [3.63, 3.8) is 0 Å². The van der Waals surface area contributed by atoms with Gasteiger partial charge in [-0.15, -0.1) is 0 Å². The SMILES string of the molecule is CC(C)O[C@H](CI)OCCI. The molecule has 4 heteroatoms. The molecular weight excluding hydrogens is 370 g/mol. The second-order valence-corrected chi connectivity index (χ2v) is 4.29. The Morgan fingerprint density at radius 3 is 2.27 bits per heavy atom. The number of hydrogen-bond donors (Lipinski definition) is 0. The molecule has 0 saturated heterocycles. The third kappa shape index (κ3) is 7.73. The lowest BCUT2D eigenvalue weighted by atomic mass is 10.5. The molecule has 0 N–H and O–H groups in total. The van der Waals surface area contributed by atoms with Crippen LogP contribution in [0.15, 0.2) is 0 Å². The molecule has 0 amide bonds. The first-order chi connectivity index (χ1) is 5.20. The lowest BCUT2D eigenvalue weighted by Crippen LogP contribution is -2.23. The molecule has 1 atom stereocenters. The number of ether oxygens (including phenoxy) is 2. The van der Waals surface area contributed by atoms with Gasteiger partial charge in [-0.3, -0.25) is 0 Å². The molecule has 11 heavy (non-hydrogen) atoms. The van der Waals surface area contributed by atoms with E-state index >= 15 is 0 Å². The largest absolute Gasteiger partial charge is 0.351 e. The maximum atomic E-state index is 5.47. The van der Waals surface area contributed by atoms with Crippen LogP contribution in [0.3, 0.4) is 0 Å². The Morgan fingerprint density at radius 1 is 1.27 bits per heavy atom. The van der Waals surface area contributed by atoms with E-state index in [1.54, 1.807) is 0 Å². The summed E-state index contributed by atoms with van der Waals surface area (Å²) in [6.07, 6.45) is 0.231. The number of rotatable bonds is 6. The molecular formula is C7H14I2O2. The molecule has 68 valence electrons. The lowest BCUT2D eigenvalue weighted by Gasteiger charge is -2.17. The highest BCUT2D eigenvalue weighted by Crippen LogP contribution is 2.04. The summed E-state index contributed by atoms with van der Waals surface area (Å²) >= 11 is 4.56. The van der Waals surface area contributed by atoms with Crippen molar-refractivity contribution >= 4 is 45.2 Å². The summed E-state index contributed by atoms with van der Waals surface area (Å²) in [7, 11) is 0. The second kappa shape index (κ2) is 8.00. The zero-order chi connectivity index (χ0) is 8.69. The minimum Gasteiger partial charge on any atom is -0.351 e. The molecule has 0 saturated carbocycles. The monoisotopic (exact) mass is 384 g/mol. The second-order valence-electron chi connectivity index (χ2n) is 2.33. The first-order valence-electron chi connectivity index (χ1n) is 3.59. The Bertz CT molecular complexity index is 88.5. The zero-order valence-corrected chi connectivity index (χ0v) is 11.2. The van der Waals surface area contributed by atoms with E-state index < -0.39 is 0 Å². The van der Waals surface area contributed by atoms with E-state index in [1.165, 1.54) is 0 Å². The molecule has 0 aliphatic carbocycles. The summed E-state index contributed by atoms with van der Waals surface area (Å²) in [5, 5.41) is 0. The van der Waals surface area contributed by atoms with Gasteiger partial charge >= 0.3 is 0 Å². The molecule has 0 aromatic heterocycles. The van der Waals surface area contributed by atoms with Gasteiger partial charge in [0.2, 0.25) is 0 Å². The van der Waals surface area contributed by atoms with Crippen LogP contribution in [0.2, 0.25) is 0 Å². The van der Waals surface area contributed by atoms with Crippen molar-refractivity contribution in [3.8, 4) is 0 Å². The van der Waals surface area contributed by atoms with E-state index in [-0.39, 0.29) is 12.4 Å². The predicted molar refractivity (Wildman–Crippen MR) is 63.7 cm³/mol. The molecule has 0 bridgehead atoms. The van der Waals surface area contributed by atoms with Crippen molar-refractivity contribution in [1.29, 1.82) is 0 Å². The average Bonchev–Trinajstić information content (AvgIpc) is 1.97. The third-order valence-corrected chi connectivity index (χ3v) is 2.09. The highest BCUT2D eigenvalue weighted by Gasteiger charge is 2.08. The van der Waals surface area contributed by atoms with Crippen molar-refractivity contribution in [3.05, 3.63) is 0 Å². The maximum absolute atomic E-state index is 5.47. The van der Waals surface area contributed by atoms with Crippen LogP contribution in [-0.4, -0.2) is 27.9 Å². The average molecular weight is 384 g/mol. The highest BCUT2D eigenvalue weighted by atomic mass is 127. The molecule has 0 aromatic carbocycles. The number of hydrogen-bond acceptors (Lipinski definition) is 2. The molecule has 0 fully saturated rings. The van der Waals surface area contributed by atoms with Crippen LogP contribution in [-0.2, 0) is 9.47 Å². The van der Waals surface area contributed by atoms with Gasteiger partial charge in [0.05, 0.1) is 17.1 Å². The van der Waals surface area contributed by atoms with Crippen LogP contribution in [0.25, 0.3) is 0 Å². The van der Waals surface area contributed by atoms with Crippen molar-refractivity contribution in [2.75, 3.05) is 15.5 Å². The van der Waals surface area contributed by atoms with Gasteiger partial charge in [0.25, 0.3) is 0 Å². The summed E-state index contributed by atoms with van der Waals surface area (Å²) in [5.74, 6) is 0. The summed E-state index contributed by atoms with van der Waals surface area (Å²) in [6, 6.07) is 0. The fourth-order valence-electron chi connectivity index (χ4n) is 0.600. The lowest BCUT2D eigenvalue weighted by molar-refractivity contribution is -0.142. The normalized spacial score (nSPS) is 13.9. The van der Waals surface area contributed by atoms with Crippen LogP contribution in [0, 0.1) is 0 Å². The molecule has 0 radical (unpaired) electrons. The Hall–Kier alpha value is 1.38. The van der Waals surface area contributed by atoms with Crippen LogP contribution < -0.4 is 0 Å². The summed E-state index contributed by atoms with van der Waals surface area (Å²) in [5.41, 5.74) is 0. The Kier molecular flexibility index (Phi) is 9.00. The molecule has 0 rings (SSSR count). The predicted octanol–water partition coefficient (Wildman–Crippen LogP) is 2.62. The van der Waals surface area contributed by atoms with Crippen molar-refractivity contribution in [2.45, 2.75) is 26.2 Å². The Labute approximate surface area is 95.7 Å². The quantitative estimate of drug-likeness (QED) is 0.399. The van der Waals surface area contributed by atoms with Gasteiger partial charge < -0.3 is 9.47 Å². The van der Waals surface area contributed by atoms with Gasteiger partial charge in [-0.25, -0.2) is 0 Å². The summed E-state index contributed by atoms with van der Waals surface area (Å²) in [4.78, 5) is 0. The minimum absolute atomic E-state index is 0.0228. The van der Waals surface area contributed by atoms with Gasteiger partial charge in [0.1, 0.15) is 0 Å². The van der Waals surface area contributed by atoms with Gasteiger partial charge in [-0.05, 0) is 13.8 Å². The smallest absolute Gasteiger partial charge is 0.166 e. The topological polar surface area (TPSA) is 18.5 Å². The van der Waals surface area contributed by atoms with Crippen LogP contribution in [0.4, 0.5) is 0 Å². The molecule has 0 unspecified atom stereocenters. The summed E-state index contributed by atoms with van der Waals surface area (Å²) in [6.45, 7) is 4.82. The number of halogens is 2. The van der Waals surface area contributed by atoms with Crippen molar-refractivity contribution in [1.82, 2.24) is 0 Å². The molecule has 0 aliphatic heterocycles. The van der Waals surface area contributed by atoms with E-state index in [0.29, 0.717) is 0 Å². The first-order valence-corrected chi connectivity index (χ1v) is 6.64. The molecule has 2 nitrogen and oxygen atoms in total. The summed E-state index contributed by atoms with van der Waals surface area (Å²) < 4.78 is 12.8. The van der Waals surface area contributed by atoms with Gasteiger partial charge in [-0.2, -0.15) is 0 Å².